The van der Waals surface area contributed by atoms with Gasteiger partial charge in [-0.1, -0.05) is 6.07 Å². The van der Waals surface area contributed by atoms with Crippen molar-refractivity contribution in [2.24, 2.45) is 0 Å². The van der Waals surface area contributed by atoms with E-state index in [1.807, 2.05) is 0 Å². The number of halogens is 7. The number of carbonyl (C=O) groups is 2. The number of piperidine rings is 1. The van der Waals surface area contributed by atoms with E-state index in [4.69, 9.17) is 0 Å². The lowest BCUT2D eigenvalue weighted by Crippen LogP contribution is -2.56. The van der Waals surface area contributed by atoms with Crippen molar-refractivity contribution in [2.75, 3.05) is 39.8 Å². The largest absolute Gasteiger partial charge is 0.465 e. The molecular weight excluding hydrogens is 573 g/mol. The van der Waals surface area contributed by atoms with Crippen molar-refractivity contribution < 1.29 is 45.4 Å². The molecule has 0 radical (unpaired) electrons. The second-order valence-electron chi connectivity index (χ2n) is 10.7. The molecule has 4 rings (SSSR count). The number of nitrogens with zero attached hydrogens (tertiary/aromatic N) is 4. The molecule has 2 unspecified atom stereocenters. The van der Waals surface area contributed by atoms with Crippen molar-refractivity contribution in [3.8, 4) is 0 Å². The van der Waals surface area contributed by atoms with Gasteiger partial charge >= 0.3 is 24.5 Å². The number of carbonyl (C=O) groups excluding carboxylic acids is 1. The fraction of sp³-hybridized carbons (Fsp3) is 0.500. The van der Waals surface area contributed by atoms with Gasteiger partial charge in [0.25, 0.3) is 0 Å². The first-order chi connectivity index (χ1) is 19.5. The number of piperazine rings is 1. The lowest BCUT2D eigenvalue weighted by molar-refractivity contribution is -0.143. The number of urea groups is 1. The molecule has 0 spiro atoms. The van der Waals surface area contributed by atoms with Crippen molar-refractivity contribution in [3.05, 3.63) is 70.0 Å². The maximum Gasteiger partial charge on any atom is 0.416 e. The van der Waals surface area contributed by atoms with Gasteiger partial charge in [-0.3, -0.25) is 4.90 Å². The molecule has 2 atom stereocenters. The molecule has 0 saturated carbocycles. The number of aryl methyl sites for hydroxylation is 1. The minimum Gasteiger partial charge on any atom is -0.465 e. The van der Waals surface area contributed by atoms with Crippen LogP contribution in [0.5, 0.6) is 0 Å². The van der Waals surface area contributed by atoms with Crippen molar-refractivity contribution in [1.82, 2.24) is 19.6 Å². The molecule has 0 bridgehead atoms. The number of likely N-dealkylation sites (tertiary alicyclic amines) is 1. The molecule has 230 valence electrons. The highest BCUT2D eigenvalue weighted by Gasteiger charge is 2.39. The SMILES string of the molecule is Cc1cc(F)ccc1C1CC(N2CCN(C(=O)O)CC2)CCN1C(=O)N(C)Cc1cc(C(F)(F)F)cc(C(F)(F)F)c1. The Hall–Kier alpha value is -3.55. The molecule has 1 N–H and O–H groups in total. The highest BCUT2D eigenvalue weighted by molar-refractivity contribution is 5.75. The maximum atomic E-state index is 13.9. The molecule has 2 saturated heterocycles. The first-order valence-corrected chi connectivity index (χ1v) is 13.3. The Bertz CT molecular complexity index is 1280. The van der Waals surface area contributed by atoms with Gasteiger partial charge in [-0.15, -0.1) is 0 Å². The summed E-state index contributed by atoms with van der Waals surface area (Å²) in [5.41, 5.74) is -1.99. The molecule has 7 nitrogen and oxygen atoms in total. The molecule has 0 aliphatic carbocycles. The third-order valence-electron chi connectivity index (χ3n) is 7.91. The summed E-state index contributed by atoms with van der Waals surface area (Å²) in [7, 11) is 1.31. The van der Waals surface area contributed by atoms with Crippen LogP contribution in [0.1, 0.15) is 46.7 Å². The van der Waals surface area contributed by atoms with E-state index >= 15 is 0 Å². The maximum absolute atomic E-state index is 13.9. The summed E-state index contributed by atoms with van der Waals surface area (Å²) in [6, 6.07) is 4.25. The lowest BCUT2D eigenvalue weighted by atomic mass is 9.88. The van der Waals surface area contributed by atoms with Crippen molar-refractivity contribution in [2.45, 2.75) is 50.7 Å². The Morgan fingerprint density at radius 1 is 0.929 bits per heavy atom. The van der Waals surface area contributed by atoms with E-state index in [9.17, 15) is 45.4 Å². The topological polar surface area (TPSA) is 67.3 Å². The van der Waals surface area contributed by atoms with Crippen LogP contribution in [0, 0.1) is 12.7 Å². The predicted molar refractivity (Wildman–Crippen MR) is 138 cm³/mol. The molecule has 2 aromatic rings. The Labute approximate surface area is 238 Å². The second kappa shape index (κ2) is 12.0. The van der Waals surface area contributed by atoms with E-state index in [-0.39, 0.29) is 24.2 Å². The second-order valence-corrected chi connectivity index (χ2v) is 10.7. The standard InChI is InChI=1S/C28H31F7N4O3/c1-17-11-21(29)3-4-23(17)24-15-22(37-7-9-38(10-8-37)26(41)42)5-6-39(24)25(40)36(2)16-18-12-19(27(30,31)32)14-20(13-18)28(33,34)35/h3-4,11-14,22,24H,5-10,15-16H2,1-2H3,(H,41,42). The van der Waals surface area contributed by atoms with Gasteiger partial charge in [-0.2, -0.15) is 26.3 Å². The van der Waals surface area contributed by atoms with Crippen LogP contribution in [0.4, 0.5) is 40.3 Å². The first kappa shape index (κ1) is 31.4. The van der Waals surface area contributed by atoms with Crippen molar-refractivity contribution in [1.29, 1.82) is 0 Å². The van der Waals surface area contributed by atoms with Gasteiger partial charge in [0.1, 0.15) is 5.82 Å². The average Bonchev–Trinajstić information content (AvgIpc) is 2.91. The highest BCUT2D eigenvalue weighted by atomic mass is 19.4. The van der Waals surface area contributed by atoms with Gasteiger partial charge in [0.15, 0.2) is 0 Å². The van der Waals surface area contributed by atoms with Crippen molar-refractivity contribution >= 4 is 12.1 Å². The summed E-state index contributed by atoms with van der Waals surface area (Å²) in [5, 5.41) is 9.26. The van der Waals surface area contributed by atoms with Crippen molar-refractivity contribution in [3.63, 3.8) is 0 Å². The minimum atomic E-state index is -5.01. The van der Waals surface area contributed by atoms with Crippen LogP contribution in [0.15, 0.2) is 36.4 Å². The highest BCUT2D eigenvalue weighted by Crippen LogP contribution is 2.38. The summed E-state index contributed by atoms with van der Waals surface area (Å²) in [6.07, 6.45) is -10.1. The first-order valence-electron chi connectivity index (χ1n) is 13.3. The van der Waals surface area contributed by atoms with Crippen LogP contribution in [0.25, 0.3) is 0 Å². The zero-order chi connectivity index (χ0) is 31.0. The lowest BCUT2D eigenvalue weighted by Gasteiger charge is -2.46. The van der Waals surface area contributed by atoms with E-state index in [0.29, 0.717) is 62.3 Å². The zero-order valence-electron chi connectivity index (χ0n) is 23.0. The van der Waals surface area contributed by atoms with E-state index in [2.05, 4.69) is 4.90 Å². The summed E-state index contributed by atoms with van der Waals surface area (Å²) in [6.45, 7) is 3.07. The van der Waals surface area contributed by atoms with Gasteiger partial charge in [0.05, 0.1) is 17.2 Å². The van der Waals surface area contributed by atoms with Gasteiger partial charge in [0, 0.05) is 52.4 Å². The number of benzene rings is 2. The quantitative estimate of drug-likeness (QED) is 0.421. The van der Waals surface area contributed by atoms with Gasteiger partial charge in [0.2, 0.25) is 0 Å². The van der Waals surface area contributed by atoms with Gasteiger partial charge in [-0.05, 0) is 66.8 Å². The summed E-state index contributed by atoms with van der Waals surface area (Å²) in [4.78, 5) is 31.0. The number of alkyl halides is 6. The molecule has 14 heteroatoms. The molecule has 42 heavy (non-hydrogen) atoms. The predicted octanol–water partition coefficient (Wildman–Crippen LogP) is 6.22. The fourth-order valence-corrected chi connectivity index (χ4v) is 5.76. The van der Waals surface area contributed by atoms with Gasteiger partial charge in [-0.25, -0.2) is 14.0 Å². The normalized spacial score (nSPS) is 20.5. The van der Waals surface area contributed by atoms with Crippen LogP contribution >= 0.6 is 0 Å². The third-order valence-corrected chi connectivity index (χ3v) is 7.91. The third kappa shape index (κ3) is 7.08. The smallest absolute Gasteiger partial charge is 0.416 e. The number of hydrogen-bond donors (Lipinski definition) is 1. The van der Waals surface area contributed by atoms with E-state index in [1.54, 1.807) is 13.0 Å². The van der Waals surface area contributed by atoms with E-state index < -0.39 is 54.0 Å². The van der Waals surface area contributed by atoms with Crippen LogP contribution < -0.4 is 0 Å². The summed E-state index contributed by atoms with van der Waals surface area (Å²) < 4.78 is 94.1. The zero-order valence-corrected chi connectivity index (χ0v) is 23.0. The Morgan fingerprint density at radius 3 is 2.05 bits per heavy atom. The Balaban J connectivity index is 1.58. The number of carboxylic acid groups (broad SMARTS) is 1. The van der Waals surface area contributed by atoms with Crippen LogP contribution in [-0.2, 0) is 18.9 Å². The van der Waals surface area contributed by atoms with Crippen LogP contribution in [0.2, 0.25) is 0 Å². The molecule has 0 aromatic heterocycles. The van der Waals surface area contributed by atoms with Crippen LogP contribution in [0.3, 0.4) is 0 Å². The number of hydrogen-bond acceptors (Lipinski definition) is 3. The molecule has 2 aromatic carbocycles. The molecule has 2 fully saturated rings. The number of rotatable bonds is 4. The molecule has 2 aliphatic heterocycles. The Kier molecular flexibility index (Phi) is 8.95. The summed E-state index contributed by atoms with van der Waals surface area (Å²) >= 11 is 0. The molecule has 2 aliphatic rings. The van der Waals surface area contributed by atoms with Gasteiger partial charge < -0.3 is 19.8 Å². The number of amides is 3. The minimum absolute atomic E-state index is 0.0254. The summed E-state index contributed by atoms with van der Waals surface area (Å²) in [5.74, 6) is -0.464. The average molecular weight is 605 g/mol. The molecule has 3 amide bonds. The molecular formula is C28H31F7N4O3. The van der Waals surface area contributed by atoms with E-state index in [0.717, 1.165) is 4.90 Å². The van der Waals surface area contributed by atoms with Crippen LogP contribution in [-0.4, -0.2) is 82.6 Å². The monoisotopic (exact) mass is 604 g/mol. The fourth-order valence-electron chi connectivity index (χ4n) is 5.76. The van der Waals surface area contributed by atoms with E-state index in [1.165, 1.54) is 29.0 Å². The molecule has 2 heterocycles. The Morgan fingerprint density at radius 2 is 1.52 bits per heavy atom.